The molecule has 0 unspecified atom stereocenters. The summed E-state index contributed by atoms with van der Waals surface area (Å²) in [6.07, 6.45) is 0. The fourth-order valence-electron chi connectivity index (χ4n) is 1.79. The van der Waals surface area contributed by atoms with Crippen LogP contribution in [0.15, 0.2) is 46.9 Å². The van der Waals surface area contributed by atoms with Gasteiger partial charge >= 0.3 is 0 Å². The van der Waals surface area contributed by atoms with Gasteiger partial charge in [-0.3, -0.25) is 4.79 Å². The summed E-state index contributed by atoms with van der Waals surface area (Å²) in [5.41, 5.74) is 2.80. The fourth-order valence-corrected chi connectivity index (χ4v) is 2.06. The number of Topliss-reactive ketones (excluding diaryl/α,β-unsaturated/α-hetero) is 1. The van der Waals surface area contributed by atoms with Crippen molar-refractivity contribution in [2.75, 3.05) is 6.61 Å². The molecule has 0 aromatic heterocycles. The third-order valence-electron chi connectivity index (χ3n) is 2.88. The average molecular weight is 319 g/mol. The standard InChI is InChI=1S/C16H15BrO2/c1-11-3-4-12(2)15(9-11)16(18)10-19-14-7-5-13(17)6-8-14/h3-9H,10H2,1-2H3. The Labute approximate surface area is 121 Å². The predicted octanol–water partition coefficient (Wildman–Crippen LogP) is 4.33. The van der Waals surface area contributed by atoms with Crippen LogP contribution in [0.4, 0.5) is 0 Å². The Bertz CT molecular complexity index is 588. The zero-order chi connectivity index (χ0) is 13.8. The van der Waals surface area contributed by atoms with Gasteiger partial charge < -0.3 is 4.74 Å². The van der Waals surface area contributed by atoms with E-state index in [2.05, 4.69) is 15.9 Å². The number of hydrogen-bond acceptors (Lipinski definition) is 2. The van der Waals surface area contributed by atoms with E-state index in [1.165, 1.54) is 0 Å². The minimum Gasteiger partial charge on any atom is -0.485 e. The lowest BCUT2D eigenvalue weighted by atomic mass is 10.0. The molecular weight excluding hydrogens is 304 g/mol. The summed E-state index contributed by atoms with van der Waals surface area (Å²) < 4.78 is 6.49. The van der Waals surface area contributed by atoms with E-state index < -0.39 is 0 Å². The smallest absolute Gasteiger partial charge is 0.200 e. The lowest BCUT2D eigenvalue weighted by Gasteiger charge is -2.08. The number of ether oxygens (including phenoxy) is 1. The molecule has 2 rings (SSSR count). The van der Waals surface area contributed by atoms with Gasteiger partial charge in [0.05, 0.1) is 0 Å². The summed E-state index contributed by atoms with van der Waals surface area (Å²) in [6, 6.07) is 13.3. The molecule has 98 valence electrons. The minimum absolute atomic E-state index is 0.00381. The second-order valence-electron chi connectivity index (χ2n) is 4.48. The first-order valence-corrected chi connectivity index (χ1v) is 6.84. The van der Waals surface area contributed by atoms with Crippen LogP contribution in [0.5, 0.6) is 5.75 Å². The van der Waals surface area contributed by atoms with Crippen LogP contribution in [-0.2, 0) is 0 Å². The number of aryl methyl sites for hydroxylation is 2. The Balaban J connectivity index is 2.05. The summed E-state index contributed by atoms with van der Waals surface area (Å²) in [6.45, 7) is 3.98. The van der Waals surface area contributed by atoms with Gasteiger partial charge in [-0.15, -0.1) is 0 Å². The average Bonchev–Trinajstić information content (AvgIpc) is 2.40. The van der Waals surface area contributed by atoms with Crippen molar-refractivity contribution in [3.8, 4) is 5.75 Å². The monoisotopic (exact) mass is 318 g/mol. The number of ketones is 1. The third-order valence-corrected chi connectivity index (χ3v) is 3.41. The summed E-state index contributed by atoms with van der Waals surface area (Å²) in [5.74, 6) is 0.700. The molecule has 0 amide bonds. The second-order valence-corrected chi connectivity index (χ2v) is 5.40. The normalized spacial score (nSPS) is 10.3. The van der Waals surface area contributed by atoms with Gasteiger partial charge in [-0.05, 0) is 49.7 Å². The molecule has 2 nitrogen and oxygen atoms in total. The lowest BCUT2D eigenvalue weighted by Crippen LogP contribution is -2.13. The second kappa shape index (κ2) is 6.02. The summed E-state index contributed by atoms with van der Waals surface area (Å²) >= 11 is 3.36. The fraction of sp³-hybridized carbons (Fsp3) is 0.188. The molecule has 0 heterocycles. The molecule has 0 saturated carbocycles. The summed E-state index contributed by atoms with van der Waals surface area (Å²) in [7, 11) is 0. The predicted molar refractivity (Wildman–Crippen MR) is 79.9 cm³/mol. The van der Waals surface area contributed by atoms with Crippen molar-refractivity contribution in [1.29, 1.82) is 0 Å². The Hall–Kier alpha value is -1.61. The quantitative estimate of drug-likeness (QED) is 0.784. The molecule has 2 aromatic carbocycles. The first-order valence-electron chi connectivity index (χ1n) is 6.05. The number of benzene rings is 2. The molecule has 0 aliphatic heterocycles. The van der Waals surface area contributed by atoms with E-state index >= 15 is 0 Å². The SMILES string of the molecule is Cc1ccc(C)c(C(=O)COc2ccc(Br)cc2)c1. The highest BCUT2D eigenvalue weighted by molar-refractivity contribution is 9.10. The molecule has 3 heteroatoms. The number of rotatable bonds is 4. The van der Waals surface area contributed by atoms with Crippen LogP contribution in [0, 0.1) is 13.8 Å². The van der Waals surface area contributed by atoms with Gasteiger partial charge in [0, 0.05) is 10.0 Å². The number of carbonyl (C=O) groups excluding carboxylic acids is 1. The summed E-state index contributed by atoms with van der Waals surface area (Å²) in [5, 5.41) is 0. The number of hydrogen-bond donors (Lipinski definition) is 0. The molecule has 19 heavy (non-hydrogen) atoms. The maximum atomic E-state index is 12.1. The Morgan fingerprint density at radius 1 is 1.11 bits per heavy atom. The maximum absolute atomic E-state index is 12.1. The van der Waals surface area contributed by atoms with E-state index in [4.69, 9.17) is 4.74 Å². The molecule has 0 aliphatic carbocycles. The van der Waals surface area contributed by atoms with E-state index in [-0.39, 0.29) is 12.4 Å². The zero-order valence-electron chi connectivity index (χ0n) is 10.9. The van der Waals surface area contributed by atoms with Gasteiger partial charge in [0.2, 0.25) is 0 Å². The largest absolute Gasteiger partial charge is 0.485 e. The van der Waals surface area contributed by atoms with Crippen molar-refractivity contribution in [3.05, 3.63) is 63.6 Å². The molecule has 0 bridgehead atoms. The molecule has 0 spiro atoms. The van der Waals surface area contributed by atoms with Gasteiger partial charge in [-0.2, -0.15) is 0 Å². The molecule has 2 aromatic rings. The Morgan fingerprint density at radius 2 is 1.79 bits per heavy atom. The van der Waals surface area contributed by atoms with E-state index in [1.807, 2.05) is 56.3 Å². The highest BCUT2D eigenvalue weighted by Crippen LogP contribution is 2.17. The highest BCUT2D eigenvalue weighted by atomic mass is 79.9. The zero-order valence-corrected chi connectivity index (χ0v) is 12.5. The molecule has 0 saturated heterocycles. The molecule has 0 fully saturated rings. The number of halogens is 1. The van der Waals surface area contributed by atoms with Gasteiger partial charge in [0.1, 0.15) is 5.75 Å². The van der Waals surface area contributed by atoms with Gasteiger partial charge in [0.15, 0.2) is 12.4 Å². The van der Waals surface area contributed by atoms with Crippen molar-refractivity contribution in [3.63, 3.8) is 0 Å². The van der Waals surface area contributed by atoms with Crippen LogP contribution in [-0.4, -0.2) is 12.4 Å². The van der Waals surface area contributed by atoms with Crippen LogP contribution >= 0.6 is 15.9 Å². The topological polar surface area (TPSA) is 26.3 Å². The van der Waals surface area contributed by atoms with Crippen molar-refractivity contribution >= 4 is 21.7 Å². The minimum atomic E-state index is 0.00381. The van der Waals surface area contributed by atoms with E-state index in [9.17, 15) is 4.79 Å². The highest BCUT2D eigenvalue weighted by Gasteiger charge is 2.10. The molecule has 0 atom stereocenters. The third kappa shape index (κ3) is 3.67. The summed E-state index contributed by atoms with van der Waals surface area (Å²) in [4.78, 5) is 12.1. The Kier molecular flexibility index (Phi) is 4.38. The van der Waals surface area contributed by atoms with Crippen LogP contribution in [0.25, 0.3) is 0 Å². The van der Waals surface area contributed by atoms with E-state index in [1.54, 1.807) is 0 Å². The molecule has 0 radical (unpaired) electrons. The first-order chi connectivity index (χ1) is 9.06. The van der Waals surface area contributed by atoms with Gasteiger partial charge in [-0.25, -0.2) is 0 Å². The van der Waals surface area contributed by atoms with Gasteiger partial charge in [-0.1, -0.05) is 33.6 Å². The van der Waals surface area contributed by atoms with Crippen molar-refractivity contribution in [2.45, 2.75) is 13.8 Å². The Morgan fingerprint density at radius 3 is 2.47 bits per heavy atom. The molecule has 0 N–H and O–H groups in total. The van der Waals surface area contributed by atoms with Crippen LogP contribution in [0.1, 0.15) is 21.5 Å². The van der Waals surface area contributed by atoms with Crippen LogP contribution in [0.3, 0.4) is 0 Å². The van der Waals surface area contributed by atoms with Crippen LogP contribution in [0.2, 0.25) is 0 Å². The number of carbonyl (C=O) groups is 1. The van der Waals surface area contributed by atoms with Crippen LogP contribution < -0.4 is 4.74 Å². The van der Waals surface area contributed by atoms with Crippen molar-refractivity contribution in [2.24, 2.45) is 0 Å². The van der Waals surface area contributed by atoms with E-state index in [0.29, 0.717) is 5.75 Å². The lowest BCUT2D eigenvalue weighted by molar-refractivity contribution is 0.0921. The van der Waals surface area contributed by atoms with E-state index in [0.717, 1.165) is 21.2 Å². The first kappa shape index (κ1) is 13.8. The maximum Gasteiger partial charge on any atom is 0.200 e. The van der Waals surface area contributed by atoms with Crippen molar-refractivity contribution in [1.82, 2.24) is 0 Å². The van der Waals surface area contributed by atoms with Crippen molar-refractivity contribution < 1.29 is 9.53 Å². The molecule has 0 aliphatic rings. The van der Waals surface area contributed by atoms with Gasteiger partial charge in [0.25, 0.3) is 0 Å². The molecular formula is C16H15BrO2.